The minimum Gasteiger partial charge on any atom is -0.364 e. The largest absolute Gasteiger partial charge is 0.364 e. The van der Waals surface area contributed by atoms with Gasteiger partial charge in [0.1, 0.15) is 11.4 Å². The van der Waals surface area contributed by atoms with Crippen molar-refractivity contribution in [2.45, 2.75) is 6.54 Å². The van der Waals surface area contributed by atoms with Gasteiger partial charge in [-0.15, -0.1) is 0 Å². The first-order valence-corrected chi connectivity index (χ1v) is 11.0. The van der Waals surface area contributed by atoms with Crippen LogP contribution in [0.2, 0.25) is 0 Å². The van der Waals surface area contributed by atoms with Gasteiger partial charge in [0.05, 0.1) is 17.8 Å². The van der Waals surface area contributed by atoms with E-state index in [2.05, 4.69) is 10.4 Å². The number of carbonyl (C=O) groups is 2. The fourth-order valence-corrected chi connectivity index (χ4v) is 3.74. The van der Waals surface area contributed by atoms with Crippen LogP contribution in [0, 0.1) is 0 Å². The Bertz CT molecular complexity index is 1470. The molecule has 0 unspecified atom stereocenters. The number of carbonyl (C=O) groups excluding carboxylic acids is 2. The second-order valence-corrected chi connectivity index (χ2v) is 7.95. The maximum absolute atomic E-state index is 13.3. The number of hydrogen-bond donors (Lipinski definition) is 2. The third-order valence-corrected chi connectivity index (χ3v) is 5.47. The summed E-state index contributed by atoms with van der Waals surface area (Å²) >= 11 is 0. The van der Waals surface area contributed by atoms with Crippen LogP contribution in [0.4, 0.5) is 5.69 Å². The molecule has 5 rings (SSSR count). The highest BCUT2D eigenvalue weighted by Gasteiger charge is 2.18. The second kappa shape index (κ2) is 9.48. The highest BCUT2D eigenvalue weighted by Crippen LogP contribution is 2.24. The number of hydrogen-bond acceptors (Lipinski definition) is 4. The average molecular weight is 463 g/mol. The molecule has 8 heteroatoms. The summed E-state index contributed by atoms with van der Waals surface area (Å²) in [6.07, 6.45) is 3.43. The van der Waals surface area contributed by atoms with Crippen LogP contribution in [0.3, 0.4) is 0 Å². The van der Waals surface area contributed by atoms with Gasteiger partial charge < -0.3 is 11.1 Å². The van der Waals surface area contributed by atoms with E-state index in [1.165, 1.54) is 0 Å². The molecule has 2 heterocycles. The van der Waals surface area contributed by atoms with Crippen LogP contribution in [-0.2, 0) is 6.54 Å². The maximum atomic E-state index is 13.3. The van der Waals surface area contributed by atoms with Gasteiger partial charge in [0.25, 0.3) is 11.8 Å². The lowest BCUT2D eigenvalue weighted by molar-refractivity contribution is 0.0993. The summed E-state index contributed by atoms with van der Waals surface area (Å²) in [6, 6.07) is 28.3. The van der Waals surface area contributed by atoms with Gasteiger partial charge >= 0.3 is 0 Å². The predicted octanol–water partition coefficient (Wildman–Crippen LogP) is 4.14. The van der Waals surface area contributed by atoms with E-state index in [-0.39, 0.29) is 11.6 Å². The zero-order valence-electron chi connectivity index (χ0n) is 18.7. The molecule has 5 aromatic rings. The van der Waals surface area contributed by atoms with Crippen molar-refractivity contribution in [3.05, 3.63) is 120 Å². The number of aromatic nitrogens is 4. The van der Waals surface area contributed by atoms with Gasteiger partial charge in [-0.05, 0) is 35.9 Å². The van der Waals surface area contributed by atoms with Crippen molar-refractivity contribution in [3.63, 3.8) is 0 Å². The third-order valence-electron chi connectivity index (χ3n) is 5.47. The van der Waals surface area contributed by atoms with E-state index < -0.39 is 5.91 Å². The summed E-state index contributed by atoms with van der Waals surface area (Å²) in [5.74, 6) is -0.847. The Labute approximate surface area is 201 Å². The van der Waals surface area contributed by atoms with Crippen molar-refractivity contribution in [3.8, 4) is 16.9 Å². The number of anilines is 1. The Morgan fingerprint density at radius 1 is 0.829 bits per heavy atom. The molecule has 0 bridgehead atoms. The Morgan fingerprint density at radius 2 is 1.51 bits per heavy atom. The Morgan fingerprint density at radius 3 is 2.17 bits per heavy atom. The molecular weight excluding hydrogens is 440 g/mol. The Balaban J connectivity index is 1.39. The van der Waals surface area contributed by atoms with Crippen LogP contribution < -0.4 is 11.1 Å². The Hall–Kier alpha value is -4.98. The summed E-state index contributed by atoms with van der Waals surface area (Å²) in [6.45, 7) is 0.555. The molecule has 0 atom stereocenters. The van der Waals surface area contributed by atoms with Crippen LogP contribution in [0.15, 0.2) is 103 Å². The number of nitrogens with two attached hydrogens (primary N) is 1. The highest BCUT2D eigenvalue weighted by atomic mass is 16.2. The first kappa shape index (κ1) is 21.8. The molecule has 0 aliphatic rings. The molecule has 3 aromatic carbocycles. The van der Waals surface area contributed by atoms with E-state index in [1.807, 2.05) is 60.7 Å². The van der Waals surface area contributed by atoms with Crippen LogP contribution in [-0.4, -0.2) is 31.4 Å². The standard InChI is InChI=1S/C27H22N6O2/c28-26(34)24-15-16-33(30-24)22-13-11-21(12-14-22)29-27(35)23-18-32(17-19-7-3-1-4-8-19)31-25(23)20-9-5-2-6-10-20/h1-16,18H,17H2,(H2,28,34)(H,29,35). The van der Waals surface area contributed by atoms with Gasteiger partial charge in [-0.1, -0.05) is 60.7 Å². The normalized spacial score (nSPS) is 10.7. The molecule has 35 heavy (non-hydrogen) atoms. The average Bonchev–Trinajstić information content (AvgIpc) is 3.54. The van der Waals surface area contributed by atoms with Crippen LogP contribution in [0.1, 0.15) is 26.4 Å². The van der Waals surface area contributed by atoms with Crippen LogP contribution in [0.5, 0.6) is 0 Å². The molecule has 0 spiro atoms. The molecule has 0 saturated heterocycles. The van der Waals surface area contributed by atoms with Crippen LogP contribution in [0.25, 0.3) is 16.9 Å². The maximum Gasteiger partial charge on any atom is 0.269 e. The molecule has 0 radical (unpaired) electrons. The van der Waals surface area contributed by atoms with Gasteiger partial charge in [0.2, 0.25) is 0 Å². The number of nitrogens with one attached hydrogen (secondary N) is 1. The van der Waals surface area contributed by atoms with Crippen molar-refractivity contribution in [2.75, 3.05) is 5.32 Å². The minimum atomic E-state index is -0.588. The molecule has 2 aromatic heterocycles. The topological polar surface area (TPSA) is 108 Å². The summed E-state index contributed by atoms with van der Waals surface area (Å²) in [5, 5.41) is 11.8. The molecule has 8 nitrogen and oxygen atoms in total. The summed E-state index contributed by atoms with van der Waals surface area (Å²) in [5.41, 5.74) is 9.86. The van der Waals surface area contributed by atoms with E-state index in [9.17, 15) is 9.59 Å². The van der Waals surface area contributed by atoms with Gasteiger partial charge in [-0.25, -0.2) is 4.68 Å². The highest BCUT2D eigenvalue weighted by molar-refractivity contribution is 6.08. The predicted molar refractivity (Wildman–Crippen MR) is 133 cm³/mol. The first-order valence-electron chi connectivity index (χ1n) is 11.0. The van der Waals surface area contributed by atoms with Crippen molar-refractivity contribution in [2.24, 2.45) is 5.73 Å². The third kappa shape index (κ3) is 4.86. The lowest BCUT2D eigenvalue weighted by Crippen LogP contribution is -2.13. The van der Waals surface area contributed by atoms with Crippen molar-refractivity contribution >= 4 is 17.5 Å². The van der Waals surface area contributed by atoms with E-state index in [0.717, 1.165) is 16.8 Å². The summed E-state index contributed by atoms with van der Waals surface area (Å²) in [4.78, 5) is 24.6. The van der Waals surface area contributed by atoms with E-state index in [0.29, 0.717) is 23.5 Å². The number of amides is 2. The Kier molecular flexibility index (Phi) is 5.92. The quantitative estimate of drug-likeness (QED) is 0.379. The van der Waals surface area contributed by atoms with Gasteiger partial charge in [-0.2, -0.15) is 10.2 Å². The summed E-state index contributed by atoms with van der Waals surface area (Å²) < 4.78 is 3.33. The van der Waals surface area contributed by atoms with Crippen molar-refractivity contribution < 1.29 is 9.59 Å². The van der Waals surface area contributed by atoms with Crippen LogP contribution >= 0.6 is 0 Å². The van der Waals surface area contributed by atoms with E-state index >= 15 is 0 Å². The fraction of sp³-hybridized carbons (Fsp3) is 0.0370. The van der Waals surface area contributed by atoms with Gasteiger partial charge in [0.15, 0.2) is 0 Å². The van der Waals surface area contributed by atoms with E-state index in [4.69, 9.17) is 10.8 Å². The van der Waals surface area contributed by atoms with Crippen molar-refractivity contribution in [1.82, 2.24) is 19.6 Å². The second-order valence-electron chi connectivity index (χ2n) is 7.95. The molecule has 0 aliphatic heterocycles. The van der Waals surface area contributed by atoms with Gasteiger partial charge in [0, 0.05) is 23.6 Å². The minimum absolute atomic E-state index is 0.184. The van der Waals surface area contributed by atoms with Gasteiger partial charge in [-0.3, -0.25) is 14.3 Å². The monoisotopic (exact) mass is 462 g/mol. The number of primary amides is 1. The van der Waals surface area contributed by atoms with E-state index in [1.54, 1.807) is 52.1 Å². The molecule has 0 saturated carbocycles. The number of rotatable bonds is 7. The lowest BCUT2D eigenvalue weighted by Gasteiger charge is -2.07. The molecule has 3 N–H and O–H groups in total. The number of nitrogens with zero attached hydrogens (tertiary/aromatic N) is 4. The SMILES string of the molecule is NC(=O)c1ccn(-c2ccc(NC(=O)c3cn(Cc4ccccc4)nc3-c3ccccc3)cc2)n1. The van der Waals surface area contributed by atoms with Crippen molar-refractivity contribution in [1.29, 1.82) is 0 Å². The lowest BCUT2D eigenvalue weighted by atomic mass is 10.1. The first-order chi connectivity index (χ1) is 17.1. The molecule has 0 fully saturated rings. The summed E-state index contributed by atoms with van der Waals surface area (Å²) in [7, 11) is 0. The molecule has 0 aliphatic carbocycles. The molecule has 172 valence electrons. The molecular formula is C27H22N6O2. The zero-order chi connectivity index (χ0) is 24.2. The molecule has 2 amide bonds. The smallest absolute Gasteiger partial charge is 0.269 e. The fourth-order valence-electron chi connectivity index (χ4n) is 3.74. The number of benzene rings is 3. The zero-order valence-corrected chi connectivity index (χ0v) is 18.7.